The van der Waals surface area contributed by atoms with E-state index in [1.54, 1.807) is 6.33 Å². The van der Waals surface area contributed by atoms with Crippen LogP contribution < -0.4 is 4.74 Å². The molecule has 0 amide bonds. The van der Waals surface area contributed by atoms with Crippen LogP contribution in [0.2, 0.25) is 0 Å². The lowest BCUT2D eigenvalue weighted by molar-refractivity contribution is 0.0362. The Balaban J connectivity index is 1.37. The van der Waals surface area contributed by atoms with Gasteiger partial charge in [-0.25, -0.2) is 14.8 Å². The summed E-state index contributed by atoms with van der Waals surface area (Å²) in [6.45, 7) is 8.84. The summed E-state index contributed by atoms with van der Waals surface area (Å²) in [5.41, 5.74) is 5.78. The third-order valence-corrected chi connectivity index (χ3v) is 8.21. The second-order valence-electron chi connectivity index (χ2n) is 10.8. The molecule has 5 aromatic rings. The molecule has 1 N–H and O–H groups in total. The minimum absolute atomic E-state index is 0.350. The summed E-state index contributed by atoms with van der Waals surface area (Å²) >= 11 is 0. The quantitative estimate of drug-likeness (QED) is 0.211. The predicted molar refractivity (Wildman–Crippen MR) is 164 cm³/mol. The number of hydrogen-bond donors (Lipinski definition) is 1. The van der Waals surface area contributed by atoms with E-state index in [2.05, 4.69) is 39.1 Å². The summed E-state index contributed by atoms with van der Waals surface area (Å²) in [6.07, 6.45) is 2.85. The molecule has 0 saturated carbocycles. The van der Waals surface area contributed by atoms with E-state index in [-0.39, 0.29) is 0 Å². The molecule has 216 valence electrons. The molecule has 2 aromatic heterocycles. The largest absolute Gasteiger partial charge is 0.493 e. The zero-order chi connectivity index (χ0) is 29.1. The summed E-state index contributed by atoms with van der Waals surface area (Å²) in [6, 6.07) is 20.4. The van der Waals surface area contributed by atoms with E-state index in [1.807, 2.05) is 54.8 Å². The molecule has 0 bridgehead atoms. The van der Waals surface area contributed by atoms with Gasteiger partial charge in [-0.2, -0.15) is 0 Å². The average Bonchev–Trinajstić information content (AvgIpc) is 3.33. The first-order valence-corrected chi connectivity index (χ1v) is 14.6. The fraction of sp³-hybridized carbons (Fsp3) is 0.324. The van der Waals surface area contributed by atoms with Crippen LogP contribution in [0.5, 0.6) is 5.75 Å². The van der Waals surface area contributed by atoms with E-state index >= 15 is 0 Å². The Kier molecular flexibility index (Phi) is 8.17. The van der Waals surface area contributed by atoms with Crippen molar-refractivity contribution in [2.45, 2.75) is 33.2 Å². The molecule has 0 radical (unpaired) electrons. The van der Waals surface area contributed by atoms with Crippen LogP contribution in [0, 0.1) is 13.8 Å². The number of rotatable bonds is 10. The van der Waals surface area contributed by atoms with Gasteiger partial charge in [0, 0.05) is 59.5 Å². The maximum Gasteiger partial charge on any atom is 0.352 e. The number of para-hydroxylation sites is 1. The standard InChI is InChI=1S/C34H36N4O4/c1-23-31(24(2)36-22-35-23)29-12-6-11-27-28(13-7-19-42-30-14-5-9-25-8-3-4-10-26(25)30)33(34(39)40)38(32(27)29)16-15-37-17-20-41-21-18-37/h3-6,8-12,14,22H,7,13,15-21H2,1-2H3,(H,39,40). The molecule has 8 heteroatoms. The molecule has 1 aliphatic heterocycles. The van der Waals surface area contributed by atoms with Gasteiger partial charge in [0.05, 0.1) is 25.3 Å². The molecular formula is C34H36N4O4. The zero-order valence-corrected chi connectivity index (χ0v) is 24.2. The number of aryl methyl sites for hydroxylation is 3. The number of aromatic carboxylic acids is 1. The van der Waals surface area contributed by atoms with Crippen LogP contribution in [0.4, 0.5) is 0 Å². The van der Waals surface area contributed by atoms with Crippen molar-refractivity contribution in [3.8, 4) is 16.9 Å². The maximum atomic E-state index is 12.9. The van der Waals surface area contributed by atoms with Crippen LogP contribution in [0.25, 0.3) is 32.8 Å². The Hall–Kier alpha value is -4.27. The van der Waals surface area contributed by atoms with Gasteiger partial charge in [-0.3, -0.25) is 4.90 Å². The first kappa shape index (κ1) is 27.9. The normalized spacial score (nSPS) is 14.0. The first-order chi connectivity index (χ1) is 20.5. The summed E-state index contributed by atoms with van der Waals surface area (Å²) in [7, 11) is 0. The van der Waals surface area contributed by atoms with Crippen LogP contribution in [-0.2, 0) is 17.7 Å². The lowest BCUT2D eigenvalue weighted by Crippen LogP contribution is -2.38. The summed E-state index contributed by atoms with van der Waals surface area (Å²) < 4.78 is 13.8. The van der Waals surface area contributed by atoms with Gasteiger partial charge in [0.25, 0.3) is 0 Å². The maximum absolute atomic E-state index is 12.9. The fourth-order valence-electron chi connectivity index (χ4n) is 6.20. The predicted octanol–water partition coefficient (Wildman–Crippen LogP) is 5.91. The van der Waals surface area contributed by atoms with Gasteiger partial charge in [-0.1, -0.05) is 54.6 Å². The van der Waals surface area contributed by atoms with Gasteiger partial charge in [-0.15, -0.1) is 0 Å². The van der Waals surface area contributed by atoms with Gasteiger partial charge >= 0.3 is 5.97 Å². The molecule has 6 rings (SSSR count). The van der Waals surface area contributed by atoms with E-state index in [0.29, 0.717) is 44.9 Å². The molecule has 0 spiro atoms. The number of nitrogens with zero attached hydrogens (tertiary/aromatic N) is 4. The second-order valence-corrected chi connectivity index (χ2v) is 10.8. The molecule has 3 heterocycles. The minimum Gasteiger partial charge on any atom is -0.493 e. The summed E-state index contributed by atoms with van der Waals surface area (Å²) in [5, 5.41) is 13.8. The van der Waals surface area contributed by atoms with Gasteiger partial charge in [-0.05, 0) is 43.7 Å². The molecule has 0 atom stereocenters. The number of hydrogen-bond acceptors (Lipinski definition) is 6. The molecule has 1 fully saturated rings. The highest BCUT2D eigenvalue weighted by atomic mass is 16.5. The van der Waals surface area contributed by atoms with Crippen molar-refractivity contribution in [2.24, 2.45) is 0 Å². The first-order valence-electron chi connectivity index (χ1n) is 14.6. The van der Waals surface area contributed by atoms with Crippen LogP contribution in [0.1, 0.15) is 33.9 Å². The second kappa shape index (κ2) is 12.3. The Labute approximate surface area is 245 Å². The molecule has 8 nitrogen and oxygen atoms in total. The Morgan fingerprint density at radius 2 is 1.64 bits per heavy atom. The third-order valence-electron chi connectivity index (χ3n) is 8.21. The number of benzene rings is 3. The summed E-state index contributed by atoms with van der Waals surface area (Å²) in [5.74, 6) is -0.0707. The number of ether oxygens (including phenoxy) is 2. The van der Waals surface area contributed by atoms with Crippen LogP contribution in [0.15, 0.2) is 67.0 Å². The highest BCUT2D eigenvalue weighted by Gasteiger charge is 2.26. The van der Waals surface area contributed by atoms with Crippen LogP contribution >= 0.6 is 0 Å². The fourth-order valence-corrected chi connectivity index (χ4v) is 6.20. The van der Waals surface area contributed by atoms with Crippen molar-refractivity contribution >= 4 is 27.6 Å². The summed E-state index contributed by atoms with van der Waals surface area (Å²) in [4.78, 5) is 24.2. The lowest BCUT2D eigenvalue weighted by atomic mass is 9.98. The monoisotopic (exact) mass is 564 g/mol. The molecule has 42 heavy (non-hydrogen) atoms. The average molecular weight is 565 g/mol. The number of fused-ring (bicyclic) bond motifs is 2. The van der Waals surface area contributed by atoms with Crippen molar-refractivity contribution in [3.63, 3.8) is 0 Å². The lowest BCUT2D eigenvalue weighted by Gasteiger charge is -2.27. The van der Waals surface area contributed by atoms with Gasteiger partial charge in [0.15, 0.2) is 0 Å². The number of carboxylic acid groups (broad SMARTS) is 1. The highest BCUT2D eigenvalue weighted by Crippen LogP contribution is 2.37. The topological polar surface area (TPSA) is 89.7 Å². The smallest absolute Gasteiger partial charge is 0.352 e. The SMILES string of the molecule is Cc1ncnc(C)c1-c1cccc2c(CCCOc3cccc4ccccc34)c(C(=O)O)n(CCN3CCOCC3)c12. The minimum atomic E-state index is -0.915. The Morgan fingerprint density at radius 3 is 2.43 bits per heavy atom. The van der Waals surface area contributed by atoms with Gasteiger partial charge in [0.2, 0.25) is 0 Å². The van der Waals surface area contributed by atoms with Crippen LogP contribution in [-0.4, -0.2) is 70.0 Å². The number of morpholine rings is 1. The highest BCUT2D eigenvalue weighted by molar-refractivity contribution is 6.04. The molecular weight excluding hydrogens is 528 g/mol. The van der Waals surface area contributed by atoms with E-state index in [4.69, 9.17) is 9.47 Å². The zero-order valence-electron chi connectivity index (χ0n) is 24.2. The Bertz CT molecular complexity index is 1710. The van der Waals surface area contributed by atoms with Crippen molar-refractivity contribution in [1.82, 2.24) is 19.4 Å². The molecule has 1 aliphatic rings. The van der Waals surface area contributed by atoms with E-state index in [1.165, 1.54) is 0 Å². The van der Waals surface area contributed by atoms with Crippen molar-refractivity contribution in [3.05, 3.63) is 89.6 Å². The van der Waals surface area contributed by atoms with Crippen molar-refractivity contribution in [2.75, 3.05) is 39.5 Å². The third kappa shape index (κ3) is 5.47. The van der Waals surface area contributed by atoms with Crippen molar-refractivity contribution in [1.29, 1.82) is 0 Å². The van der Waals surface area contributed by atoms with E-state index < -0.39 is 5.97 Å². The molecule has 0 aliphatic carbocycles. The number of carbonyl (C=O) groups is 1. The van der Waals surface area contributed by atoms with Gasteiger partial charge < -0.3 is 19.1 Å². The van der Waals surface area contributed by atoms with E-state index in [0.717, 1.165) is 75.1 Å². The van der Waals surface area contributed by atoms with Crippen LogP contribution in [0.3, 0.4) is 0 Å². The number of aromatic nitrogens is 3. The molecule has 3 aromatic carbocycles. The molecule has 1 saturated heterocycles. The van der Waals surface area contributed by atoms with Gasteiger partial charge in [0.1, 0.15) is 17.8 Å². The number of carboxylic acids is 1. The molecule has 0 unspecified atom stereocenters. The van der Waals surface area contributed by atoms with Crippen molar-refractivity contribution < 1.29 is 19.4 Å². The van der Waals surface area contributed by atoms with E-state index in [9.17, 15) is 9.90 Å². The Morgan fingerprint density at radius 1 is 0.929 bits per heavy atom.